The maximum atomic E-state index is 15.2. The van der Waals surface area contributed by atoms with Gasteiger partial charge in [0, 0.05) is 34.0 Å². The molecule has 11 heteroatoms. The zero-order chi connectivity index (χ0) is 26.9. The van der Waals surface area contributed by atoms with Crippen LogP contribution >= 0.6 is 35.0 Å². The summed E-state index contributed by atoms with van der Waals surface area (Å²) < 4.78 is 26.1. The van der Waals surface area contributed by atoms with Crippen molar-refractivity contribution in [3.8, 4) is 17.6 Å². The lowest BCUT2D eigenvalue weighted by Gasteiger charge is -2.14. The highest BCUT2D eigenvalue weighted by molar-refractivity contribution is 7.98. The minimum atomic E-state index is -0.819. The number of nitriles is 1. The SMILES string of the molecule is CSCCC(=O)Nc1cccc(C(=N)OC(=N)Cc2ccc(Cl)c(Oc3cc(Cl)cc(C#N)c3)c2F)c1. The Kier molecular flexibility index (Phi) is 9.92. The Labute approximate surface area is 227 Å². The summed E-state index contributed by atoms with van der Waals surface area (Å²) in [6, 6.07) is 15.5. The number of nitrogens with zero attached hydrogens (tertiary/aromatic N) is 1. The Hall–Kier alpha value is -3.58. The molecule has 0 saturated carbocycles. The van der Waals surface area contributed by atoms with Crippen molar-refractivity contribution in [2.24, 2.45) is 0 Å². The van der Waals surface area contributed by atoms with Gasteiger partial charge in [-0.25, -0.2) is 4.39 Å². The Balaban J connectivity index is 1.70. The number of anilines is 1. The van der Waals surface area contributed by atoms with Gasteiger partial charge < -0.3 is 14.8 Å². The highest BCUT2D eigenvalue weighted by Crippen LogP contribution is 2.35. The average Bonchev–Trinajstić information content (AvgIpc) is 2.86. The number of thioether (sulfide) groups is 1. The van der Waals surface area contributed by atoms with Crippen LogP contribution in [0.2, 0.25) is 10.0 Å². The highest BCUT2D eigenvalue weighted by Gasteiger charge is 2.18. The maximum absolute atomic E-state index is 15.2. The molecule has 0 atom stereocenters. The van der Waals surface area contributed by atoms with E-state index in [4.69, 9.17) is 48.8 Å². The van der Waals surface area contributed by atoms with Crippen LogP contribution in [0.1, 0.15) is 23.1 Å². The second kappa shape index (κ2) is 13.1. The molecule has 0 unspecified atom stereocenters. The predicted octanol–water partition coefficient (Wildman–Crippen LogP) is 7.05. The van der Waals surface area contributed by atoms with E-state index in [9.17, 15) is 4.79 Å². The van der Waals surface area contributed by atoms with E-state index in [2.05, 4.69) is 5.32 Å². The van der Waals surface area contributed by atoms with Crippen molar-refractivity contribution >= 4 is 58.4 Å². The molecule has 0 saturated heterocycles. The fraction of sp³-hybridized carbons (Fsp3) is 0.154. The van der Waals surface area contributed by atoms with Crippen molar-refractivity contribution in [2.75, 3.05) is 17.3 Å². The largest absolute Gasteiger partial charge is 0.453 e. The lowest BCUT2D eigenvalue weighted by Crippen LogP contribution is -2.16. The fourth-order valence-corrected chi connectivity index (χ4v) is 3.95. The van der Waals surface area contributed by atoms with Gasteiger partial charge in [0.05, 0.1) is 23.1 Å². The number of amides is 1. The first kappa shape index (κ1) is 28.0. The first-order valence-corrected chi connectivity index (χ1v) is 12.9. The van der Waals surface area contributed by atoms with E-state index < -0.39 is 5.82 Å². The minimum Gasteiger partial charge on any atom is -0.453 e. The number of ether oxygens (including phenoxy) is 2. The summed E-state index contributed by atoms with van der Waals surface area (Å²) in [7, 11) is 0. The van der Waals surface area contributed by atoms with Crippen molar-refractivity contribution in [1.82, 2.24) is 0 Å². The molecule has 3 aromatic carbocycles. The van der Waals surface area contributed by atoms with Crippen LogP contribution in [0, 0.1) is 28.0 Å². The molecule has 190 valence electrons. The molecule has 37 heavy (non-hydrogen) atoms. The lowest BCUT2D eigenvalue weighted by atomic mass is 10.1. The fourth-order valence-electron chi connectivity index (χ4n) is 3.16. The Morgan fingerprint density at radius 3 is 2.68 bits per heavy atom. The summed E-state index contributed by atoms with van der Waals surface area (Å²) in [4.78, 5) is 12.0. The van der Waals surface area contributed by atoms with Crippen molar-refractivity contribution in [2.45, 2.75) is 12.8 Å². The van der Waals surface area contributed by atoms with Crippen LogP contribution in [0.15, 0.2) is 54.6 Å². The molecule has 0 radical (unpaired) electrons. The third kappa shape index (κ3) is 7.95. The van der Waals surface area contributed by atoms with E-state index in [1.165, 1.54) is 30.3 Å². The van der Waals surface area contributed by atoms with Gasteiger partial charge in [-0.1, -0.05) is 35.3 Å². The lowest BCUT2D eigenvalue weighted by molar-refractivity contribution is -0.115. The number of carbonyl (C=O) groups is 1. The Morgan fingerprint density at radius 2 is 1.95 bits per heavy atom. The number of benzene rings is 3. The second-order valence-electron chi connectivity index (χ2n) is 7.64. The van der Waals surface area contributed by atoms with Crippen LogP contribution in [0.3, 0.4) is 0 Å². The normalized spacial score (nSPS) is 10.4. The average molecular weight is 559 g/mol. The molecule has 0 heterocycles. The first-order valence-electron chi connectivity index (χ1n) is 10.8. The summed E-state index contributed by atoms with van der Waals surface area (Å²) in [5.74, 6) is -1.17. The van der Waals surface area contributed by atoms with Crippen molar-refractivity contribution in [1.29, 1.82) is 16.1 Å². The second-order valence-corrected chi connectivity index (χ2v) is 9.47. The van der Waals surface area contributed by atoms with Gasteiger partial charge in [0.25, 0.3) is 0 Å². The summed E-state index contributed by atoms with van der Waals surface area (Å²) in [5, 5.41) is 28.4. The number of halogens is 3. The molecule has 3 rings (SSSR count). The smallest absolute Gasteiger partial charge is 0.225 e. The number of rotatable bonds is 9. The van der Waals surface area contributed by atoms with Gasteiger partial charge in [-0.3, -0.25) is 15.6 Å². The van der Waals surface area contributed by atoms with Crippen LogP contribution in [0.4, 0.5) is 10.1 Å². The third-order valence-electron chi connectivity index (χ3n) is 4.87. The number of hydrogen-bond donors (Lipinski definition) is 3. The van der Waals surface area contributed by atoms with Crippen molar-refractivity contribution in [3.05, 3.63) is 87.2 Å². The Morgan fingerprint density at radius 1 is 1.16 bits per heavy atom. The maximum Gasteiger partial charge on any atom is 0.225 e. The van der Waals surface area contributed by atoms with Gasteiger partial charge in [-0.05, 0) is 48.7 Å². The molecule has 3 N–H and O–H groups in total. The molecule has 0 aliphatic rings. The van der Waals surface area contributed by atoms with Gasteiger partial charge in [-0.15, -0.1) is 0 Å². The summed E-state index contributed by atoms with van der Waals surface area (Å²) in [6.45, 7) is 0. The molecule has 0 aliphatic carbocycles. The van der Waals surface area contributed by atoms with E-state index in [0.717, 1.165) is 0 Å². The first-order chi connectivity index (χ1) is 17.7. The minimum absolute atomic E-state index is 0.0173. The standard InChI is InChI=1S/C26H21Cl2FN4O3S/c1-37-8-7-23(34)33-19-4-2-3-17(11-19)26(32)36-22(31)12-16-5-6-21(28)25(24(16)29)35-20-10-15(14-30)9-18(27)13-20/h2-6,9-11,13,31-32H,7-8,12H2,1H3,(H,33,34). The predicted molar refractivity (Wildman–Crippen MR) is 145 cm³/mol. The van der Waals surface area contributed by atoms with Crippen molar-refractivity contribution < 1.29 is 18.7 Å². The summed E-state index contributed by atoms with van der Waals surface area (Å²) in [5.41, 5.74) is 1.11. The molecular weight excluding hydrogens is 538 g/mol. The van der Waals surface area contributed by atoms with Gasteiger partial charge in [0.2, 0.25) is 11.8 Å². The third-order valence-corrected chi connectivity index (χ3v) is 6.00. The zero-order valence-corrected chi connectivity index (χ0v) is 21.9. The Bertz CT molecular complexity index is 1390. The molecule has 0 bridgehead atoms. The van der Waals surface area contributed by atoms with E-state index >= 15 is 4.39 Å². The molecule has 0 spiro atoms. The molecule has 0 aliphatic heterocycles. The molecule has 1 amide bonds. The number of carbonyl (C=O) groups excluding carboxylic acids is 1. The summed E-state index contributed by atoms with van der Waals surface area (Å²) >= 11 is 13.7. The molecule has 0 aromatic heterocycles. The van der Waals surface area contributed by atoms with Crippen LogP contribution in [0.25, 0.3) is 0 Å². The van der Waals surface area contributed by atoms with E-state index in [1.54, 1.807) is 36.0 Å². The van der Waals surface area contributed by atoms with E-state index in [1.807, 2.05) is 12.3 Å². The van der Waals surface area contributed by atoms with Crippen LogP contribution in [-0.4, -0.2) is 29.7 Å². The molecular formula is C26H21Cl2FN4O3S. The summed E-state index contributed by atoms with van der Waals surface area (Å²) in [6.07, 6.45) is 1.99. The molecule has 3 aromatic rings. The number of hydrogen-bond acceptors (Lipinski definition) is 7. The van der Waals surface area contributed by atoms with E-state index in [-0.39, 0.29) is 56.8 Å². The number of nitrogens with one attached hydrogen (secondary N) is 3. The van der Waals surface area contributed by atoms with Crippen LogP contribution < -0.4 is 10.1 Å². The van der Waals surface area contributed by atoms with Crippen molar-refractivity contribution in [3.63, 3.8) is 0 Å². The van der Waals surface area contributed by atoms with Crippen LogP contribution in [0.5, 0.6) is 11.5 Å². The van der Waals surface area contributed by atoms with Gasteiger partial charge in [0.1, 0.15) is 5.75 Å². The van der Waals surface area contributed by atoms with Crippen LogP contribution in [-0.2, 0) is 16.0 Å². The molecule has 7 nitrogen and oxygen atoms in total. The van der Waals surface area contributed by atoms with Gasteiger partial charge >= 0.3 is 0 Å². The highest BCUT2D eigenvalue weighted by atomic mass is 35.5. The van der Waals surface area contributed by atoms with Gasteiger partial charge in [0.15, 0.2) is 17.5 Å². The molecule has 0 fully saturated rings. The van der Waals surface area contributed by atoms with Gasteiger partial charge in [-0.2, -0.15) is 17.0 Å². The monoisotopic (exact) mass is 558 g/mol. The van der Waals surface area contributed by atoms with E-state index in [0.29, 0.717) is 23.4 Å². The topological polar surface area (TPSA) is 119 Å². The quantitative estimate of drug-likeness (QED) is 0.192. The zero-order valence-electron chi connectivity index (χ0n) is 19.5.